The maximum Gasteiger partial charge on any atom is 0.573 e. The van der Waals surface area contributed by atoms with E-state index >= 15 is 0 Å². The number of amides is 2. The van der Waals surface area contributed by atoms with E-state index in [-0.39, 0.29) is 35.6 Å². The van der Waals surface area contributed by atoms with Gasteiger partial charge in [0.05, 0.1) is 11.5 Å². The number of aromatic amines is 1. The first-order valence-corrected chi connectivity index (χ1v) is 10.9. The van der Waals surface area contributed by atoms with Crippen LogP contribution in [0.1, 0.15) is 51.0 Å². The summed E-state index contributed by atoms with van der Waals surface area (Å²) < 4.78 is 41.3. The van der Waals surface area contributed by atoms with E-state index in [1.165, 1.54) is 12.1 Å². The smallest absolute Gasteiger partial charge is 0.406 e. The molecule has 3 heterocycles. The third-order valence-electron chi connectivity index (χ3n) is 6.03. The minimum Gasteiger partial charge on any atom is -0.406 e. The van der Waals surface area contributed by atoms with Crippen LogP contribution in [-0.2, 0) is 9.59 Å². The Bertz CT molecular complexity index is 1160. The number of ether oxygens (including phenoxy) is 1. The standard InChI is InChI=1S/C22H24F3N5O4/c1-11-5-3-6-12(2)30(11)21-28-18-17(20(33)29-21)15(10-16(31)27-18)19(32)26-13-7-4-8-14(9-13)34-22(23,24)25/h4,7-9,11-12,15H,3,5-6,10H2,1-2H3,(H,26,32)(H2,27,28,29,31,33). The lowest BCUT2D eigenvalue weighted by atomic mass is 9.92. The lowest BCUT2D eigenvalue weighted by molar-refractivity contribution is -0.274. The molecular weight excluding hydrogens is 455 g/mol. The maximum atomic E-state index is 13.0. The number of nitrogens with one attached hydrogen (secondary N) is 3. The molecule has 2 amide bonds. The summed E-state index contributed by atoms with van der Waals surface area (Å²) >= 11 is 0. The van der Waals surface area contributed by atoms with Crippen LogP contribution in [-0.4, -0.2) is 40.2 Å². The molecule has 0 aliphatic carbocycles. The molecule has 3 unspecified atom stereocenters. The number of piperidine rings is 1. The Morgan fingerprint density at radius 3 is 2.59 bits per heavy atom. The first kappa shape index (κ1) is 23.6. The second kappa shape index (κ2) is 8.99. The minimum atomic E-state index is -4.89. The van der Waals surface area contributed by atoms with Crippen LogP contribution in [0, 0.1) is 0 Å². The van der Waals surface area contributed by atoms with E-state index in [0.29, 0.717) is 5.95 Å². The van der Waals surface area contributed by atoms with Crippen LogP contribution in [0.2, 0.25) is 0 Å². The summed E-state index contributed by atoms with van der Waals surface area (Å²) in [4.78, 5) is 47.5. The SMILES string of the molecule is CC1CCCC(C)N1c1nc2c(c(=O)[nH]1)C(C(=O)Nc1cccc(OC(F)(F)F)c1)CC(=O)N2. The predicted octanol–water partition coefficient (Wildman–Crippen LogP) is 3.50. The van der Waals surface area contributed by atoms with Crippen molar-refractivity contribution in [2.75, 3.05) is 15.5 Å². The van der Waals surface area contributed by atoms with E-state index < -0.39 is 35.4 Å². The molecule has 0 spiro atoms. The van der Waals surface area contributed by atoms with Gasteiger partial charge in [-0.15, -0.1) is 13.2 Å². The summed E-state index contributed by atoms with van der Waals surface area (Å²) in [5.74, 6) is -2.57. The van der Waals surface area contributed by atoms with Crippen molar-refractivity contribution in [1.29, 1.82) is 0 Å². The fraction of sp³-hybridized carbons (Fsp3) is 0.455. The first-order valence-electron chi connectivity index (χ1n) is 10.9. The second-order valence-electron chi connectivity index (χ2n) is 8.56. The summed E-state index contributed by atoms with van der Waals surface area (Å²) in [6.45, 7) is 4.06. The quantitative estimate of drug-likeness (QED) is 0.618. The highest BCUT2D eigenvalue weighted by Crippen LogP contribution is 2.33. The fourth-order valence-corrected chi connectivity index (χ4v) is 4.54. The molecule has 9 nitrogen and oxygen atoms in total. The number of H-pyrrole nitrogens is 1. The highest BCUT2D eigenvalue weighted by atomic mass is 19.4. The molecule has 4 rings (SSSR count). The average Bonchev–Trinajstić information content (AvgIpc) is 2.71. The molecule has 1 saturated heterocycles. The van der Waals surface area contributed by atoms with Crippen molar-refractivity contribution in [3.05, 3.63) is 40.2 Å². The van der Waals surface area contributed by atoms with E-state index in [2.05, 4.69) is 25.3 Å². The van der Waals surface area contributed by atoms with Crippen molar-refractivity contribution in [2.24, 2.45) is 0 Å². The third kappa shape index (κ3) is 5.00. The van der Waals surface area contributed by atoms with Crippen LogP contribution in [0.15, 0.2) is 29.1 Å². The van der Waals surface area contributed by atoms with Crippen molar-refractivity contribution < 1.29 is 27.5 Å². The van der Waals surface area contributed by atoms with Gasteiger partial charge in [0.15, 0.2) is 0 Å². The molecule has 2 aliphatic heterocycles. The molecule has 182 valence electrons. The summed E-state index contributed by atoms with van der Waals surface area (Å²) in [6, 6.07) is 5.00. The Balaban J connectivity index is 1.62. The van der Waals surface area contributed by atoms with Gasteiger partial charge in [-0.25, -0.2) is 0 Å². The number of carbonyl (C=O) groups is 2. The number of rotatable bonds is 4. The van der Waals surface area contributed by atoms with Gasteiger partial charge < -0.3 is 20.3 Å². The van der Waals surface area contributed by atoms with Gasteiger partial charge in [-0.05, 0) is 45.2 Å². The Hall–Kier alpha value is -3.57. The van der Waals surface area contributed by atoms with Crippen LogP contribution in [0.5, 0.6) is 5.75 Å². The highest BCUT2D eigenvalue weighted by Gasteiger charge is 2.36. The topological polar surface area (TPSA) is 116 Å². The second-order valence-corrected chi connectivity index (χ2v) is 8.56. The third-order valence-corrected chi connectivity index (χ3v) is 6.03. The molecule has 1 aromatic heterocycles. The zero-order chi connectivity index (χ0) is 24.6. The highest BCUT2D eigenvalue weighted by molar-refractivity contribution is 6.04. The molecular formula is C22H24F3N5O4. The van der Waals surface area contributed by atoms with Crippen LogP contribution in [0.4, 0.5) is 30.6 Å². The van der Waals surface area contributed by atoms with Gasteiger partial charge in [-0.2, -0.15) is 4.98 Å². The number of hydrogen-bond acceptors (Lipinski definition) is 6. The molecule has 2 aromatic rings. The van der Waals surface area contributed by atoms with Crippen molar-refractivity contribution >= 4 is 29.3 Å². The van der Waals surface area contributed by atoms with Gasteiger partial charge in [0.25, 0.3) is 5.56 Å². The normalized spacial score (nSPS) is 22.6. The lowest BCUT2D eigenvalue weighted by Crippen LogP contribution is -2.46. The van der Waals surface area contributed by atoms with Gasteiger partial charge in [0.2, 0.25) is 17.8 Å². The largest absolute Gasteiger partial charge is 0.573 e. The molecule has 2 aliphatic rings. The molecule has 1 fully saturated rings. The van der Waals surface area contributed by atoms with Crippen LogP contribution >= 0.6 is 0 Å². The summed E-state index contributed by atoms with van der Waals surface area (Å²) in [6.07, 6.45) is -2.28. The Morgan fingerprint density at radius 2 is 1.91 bits per heavy atom. The Kier molecular flexibility index (Phi) is 6.24. The molecule has 0 radical (unpaired) electrons. The summed E-state index contributed by atoms with van der Waals surface area (Å²) in [5, 5.41) is 5.03. The van der Waals surface area contributed by atoms with Crippen molar-refractivity contribution in [3.63, 3.8) is 0 Å². The Labute approximate surface area is 192 Å². The fourth-order valence-electron chi connectivity index (χ4n) is 4.54. The predicted molar refractivity (Wildman–Crippen MR) is 118 cm³/mol. The minimum absolute atomic E-state index is 0.000798. The molecule has 0 bridgehead atoms. The number of alkyl halides is 3. The zero-order valence-corrected chi connectivity index (χ0v) is 18.5. The number of fused-ring (bicyclic) bond motifs is 1. The number of carbonyl (C=O) groups excluding carboxylic acids is 2. The lowest BCUT2D eigenvalue weighted by Gasteiger charge is -2.39. The molecule has 34 heavy (non-hydrogen) atoms. The summed E-state index contributed by atoms with van der Waals surface area (Å²) in [5.41, 5.74) is -0.531. The molecule has 12 heteroatoms. The number of nitrogens with zero attached hydrogens (tertiary/aromatic N) is 2. The average molecular weight is 479 g/mol. The monoisotopic (exact) mass is 479 g/mol. The van der Waals surface area contributed by atoms with Crippen molar-refractivity contribution in [3.8, 4) is 5.75 Å². The van der Waals surface area contributed by atoms with Gasteiger partial charge in [-0.1, -0.05) is 6.07 Å². The van der Waals surface area contributed by atoms with Gasteiger partial charge in [-0.3, -0.25) is 19.4 Å². The molecule has 3 N–H and O–H groups in total. The number of aromatic nitrogens is 2. The van der Waals surface area contributed by atoms with E-state index in [9.17, 15) is 27.6 Å². The van der Waals surface area contributed by atoms with Gasteiger partial charge >= 0.3 is 6.36 Å². The number of benzene rings is 1. The van der Waals surface area contributed by atoms with E-state index in [1.54, 1.807) is 0 Å². The molecule has 0 saturated carbocycles. The number of anilines is 3. The van der Waals surface area contributed by atoms with E-state index in [4.69, 9.17) is 0 Å². The van der Waals surface area contributed by atoms with Crippen molar-refractivity contribution in [2.45, 2.75) is 63.9 Å². The van der Waals surface area contributed by atoms with Gasteiger partial charge in [0.1, 0.15) is 11.6 Å². The van der Waals surface area contributed by atoms with Crippen molar-refractivity contribution in [1.82, 2.24) is 9.97 Å². The van der Waals surface area contributed by atoms with E-state index in [1.807, 2.05) is 18.7 Å². The van der Waals surface area contributed by atoms with E-state index in [0.717, 1.165) is 31.4 Å². The summed E-state index contributed by atoms with van der Waals surface area (Å²) in [7, 11) is 0. The number of hydrogen-bond donors (Lipinski definition) is 3. The Morgan fingerprint density at radius 1 is 1.21 bits per heavy atom. The molecule has 1 aromatic carbocycles. The van der Waals surface area contributed by atoms with Crippen LogP contribution in [0.3, 0.4) is 0 Å². The number of halogens is 3. The maximum absolute atomic E-state index is 13.0. The van der Waals surface area contributed by atoms with Gasteiger partial charge in [0, 0.05) is 30.3 Å². The van der Waals surface area contributed by atoms with Crippen LogP contribution < -0.4 is 25.8 Å². The van der Waals surface area contributed by atoms with Crippen LogP contribution in [0.25, 0.3) is 0 Å². The molecule has 3 atom stereocenters. The zero-order valence-electron chi connectivity index (χ0n) is 18.5. The first-order chi connectivity index (χ1) is 16.0.